The second-order valence-corrected chi connectivity index (χ2v) is 3.94. The molecule has 1 aliphatic heterocycles. The van der Waals surface area contributed by atoms with E-state index in [4.69, 9.17) is 4.74 Å². The fourth-order valence-electron chi connectivity index (χ4n) is 1.21. The minimum Gasteiger partial charge on any atom is -0.464 e. The summed E-state index contributed by atoms with van der Waals surface area (Å²) in [6.07, 6.45) is 2.98. The molecule has 0 saturated carbocycles. The molecule has 0 aromatic carbocycles. The van der Waals surface area contributed by atoms with Crippen LogP contribution in [-0.2, 0) is 9.53 Å². The minimum atomic E-state index is -0.0719. The van der Waals surface area contributed by atoms with E-state index in [1.807, 2.05) is 0 Å². The van der Waals surface area contributed by atoms with Crippen LogP contribution in [0.15, 0.2) is 0 Å². The number of rotatable bonds is 4. The molecule has 1 atom stereocenters. The van der Waals surface area contributed by atoms with Crippen LogP contribution in [0.2, 0.25) is 0 Å². The lowest BCUT2D eigenvalue weighted by atomic mass is 10.2. The molecule has 1 N–H and O–H groups in total. The maximum Gasteiger partial charge on any atom is 0.323 e. The summed E-state index contributed by atoms with van der Waals surface area (Å²) in [5.74, 6) is -0.0719. The number of carbonyl (C=O) groups excluding carboxylic acids is 1. The molecular weight excluding hydrogens is 269 g/mol. The molecule has 0 bridgehead atoms. The zero-order chi connectivity index (χ0) is 8.81. The van der Waals surface area contributed by atoms with Crippen molar-refractivity contribution < 1.29 is 9.53 Å². The zero-order valence-electron chi connectivity index (χ0n) is 7.01. The third kappa shape index (κ3) is 3.26. The molecule has 0 spiro atoms. The van der Waals surface area contributed by atoms with E-state index >= 15 is 0 Å². The Morgan fingerprint density at radius 1 is 1.67 bits per heavy atom. The normalized spacial score (nSPS) is 22.6. The van der Waals surface area contributed by atoms with Gasteiger partial charge in [0.15, 0.2) is 0 Å². The highest BCUT2D eigenvalue weighted by Gasteiger charge is 2.22. The van der Waals surface area contributed by atoms with Crippen LogP contribution in [0.25, 0.3) is 0 Å². The summed E-state index contributed by atoms with van der Waals surface area (Å²) < 4.78 is 6.10. The van der Waals surface area contributed by atoms with Crippen LogP contribution < -0.4 is 5.32 Å². The van der Waals surface area contributed by atoms with E-state index in [2.05, 4.69) is 27.9 Å². The molecule has 1 saturated heterocycles. The van der Waals surface area contributed by atoms with Crippen LogP contribution in [0.4, 0.5) is 0 Å². The Bertz CT molecular complexity index is 146. The van der Waals surface area contributed by atoms with Gasteiger partial charge in [0.1, 0.15) is 6.04 Å². The number of halogens is 1. The van der Waals surface area contributed by atoms with Crippen molar-refractivity contribution in [3.8, 4) is 0 Å². The molecule has 4 heteroatoms. The van der Waals surface area contributed by atoms with Crippen LogP contribution in [0.3, 0.4) is 0 Å². The Labute approximate surface area is 86.4 Å². The molecule has 1 aliphatic rings. The molecule has 0 unspecified atom stereocenters. The first kappa shape index (κ1) is 10.2. The van der Waals surface area contributed by atoms with Gasteiger partial charge in [0.05, 0.1) is 6.61 Å². The average Bonchev–Trinajstić information content (AvgIpc) is 2.56. The van der Waals surface area contributed by atoms with Crippen LogP contribution >= 0.6 is 22.6 Å². The van der Waals surface area contributed by atoms with Gasteiger partial charge in [0.2, 0.25) is 0 Å². The monoisotopic (exact) mass is 283 g/mol. The number of esters is 1. The summed E-state index contributed by atoms with van der Waals surface area (Å²) in [6.45, 7) is 1.52. The predicted molar refractivity (Wildman–Crippen MR) is 55.5 cm³/mol. The predicted octanol–water partition coefficient (Wildman–Crippen LogP) is 1.11. The first-order valence-corrected chi connectivity index (χ1v) is 5.83. The maximum absolute atomic E-state index is 11.2. The van der Waals surface area contributed by atoms with Crippen molar-refractivity contribution in [2.75, 3.05) is 17.6 Å². The summed E-state index contributed by atoms with van der Waals surface area (Å²) in [5, 5.41) is 3.11. The summed E-state index contributed by atoms with van der Waals surface area (Å²) in [6, 6.07) is -0.0285. The highest BCUT2D eigenvalue weighted by Crippen LogP contribution is 2.06. The van der Waals surface area contributed by atoms with Crippen molar-refractivity contribution in [1.82, 2.24) is 5.32 Å². The molecule has 1 heterocycles. The standard InChI is InChI=1S/C8H14INO2/c9-4-2-6-12-8(11)7-3-1-5-10-7/h7,10H,1-6H2/t7-/m0/s1. The van der Waals surface area contributed by atoms with Gasteiger partial charge < -0.3 is 10.1 Å². The molecule has 3 nitrogen and oxygen atoms in total. The van der Waals surface area contributed by atoms with Gasteiger partial charge in [-0.25, -0.2) is 0 Å². The zero-order valence-corrected chi connectivity index (χ0v) is 9.17. The van der Waals surface area contributed by atoms with Crippen molar-refractivity contribution in [2.45, 2.75) is 25.3 Å². The number of nitrogens with one attached hydrogen (secondary N) is 1. The molecular formula is C8H14INO2. The molecule has 0 aromatic heterocycles. The first-order chi connectivity index (χ1) is 5.84. The third-order valence-electron chi connectivity index (χ3n) is 1.87. The van der Waals surface area contributed by atoms with E-state index in [9.17, 15) is 4.79 Å². The van der Waals surface area contributed by atoms with Crippen LogP contribution in [0.1, 0.15) is 19.3 Å². The molecule has 0 aromatic rings. The van der Waals surface area contributed by atoms with Gasteiger partial charge in [-0.1, -0.05) is 22.6 Å². The topological polar surface area (TPSA) is 38.3 Å². The summed E-state index contributed by atoms with van der Waals surface area (Å²) in [4.78, 5) is 11.2. The van der Waals surface area contributed by atoms with Gasteiger partial charge in [0.25, 0.3) is 0 Å². The quantitative estimate of drug-likeness (QED) is 0.363. The Hall–Kier alpha value is 0.160. The largest absolute Gasteiger partial charge is 0.464 e. The Kier molecular flexibility index (Phi) is 4.90. The fraction of sp³-hybridized carbons (Fsp3) is 0.875. The Morgan fingerprint density at radius 3 is 3.08 bits per heavy atom. The number of alkyl halides is 1. The van der Waals surface area contributed by atoms with E-state index in [0.29, 0.717) is 6.61 Å². The Morgan fingerprint density at radius 2 is 2.50 bits per heavy atom. The van der Waals surface area contributed by atoms with Gasteiger partial charge in [-0.3, -0.25) is 4.79 Å². The van der Waals surface area contributed by atoms with Crippen molar-refractivity contribution in [1.29, 1.82) is 0 Å². The second kappa shape index (κ2) is 5.75. The summed E-state index contributed by atoms with van der Waals surface area (Å²) in [7, 11) is 0. The van der Waals surface area contributed by atoms with Gasteiger partial charge in [-0.2, -0.15) is 0 Å². The second-order valence-electron chi connectivity index (χ2n) is 2.86. The van der Waals surface area contributed by atoms with Gasteiger partial charge >= 0.3 is 5.97 Å². The van der Waals surface area contributed by atoms with Crippen molar-refractivity contribution in [2.24, 2.45) is 0 Å². The first-order valence-electron chi connectivity index (χ1n) is 4.30. The van der Waals surface area contributed by atoms with E-state index in [0.717, 1.165) is 30.2 Å². The van der Waals surface area contributed by atoms with Crippen molar-refractivity contribution in [3.05, 3.63) is 0 Å². The van der Waals surface area contributed by atoms with Gasteiger partial charge in [0, 0.05) is 4.43 Å². The molecule has 70 valence electrons. The van der Waals surface area contributed by atoms with Crippen molar-refractivity contribution in [3.63, 3.8) is 0 Å². The fourth-order valence-corrected chi connectivity index (χ4v) is 1.53. The number of hydrogen-bond donors (Lipinski definition) is 1. The molecule has 12 heavy (non-hydrogen) atoms. The van der Waals surface area contributed by atoms with E-state index in [1.165, 1.54) is 0 Å². The molecule has 1 fully saturated rings. The molecule has 0 radical (unpaired) electrons. The highest BCUT2D eigenvalue weighted by atomic mass is 127. The number of hydrogen-bond acceptors (Lipinski definition) is 3. The molecule has 0 amide bonds. The maximum atomic E-state index is 11.2. The number of ether oxygens (including phenoxy) is 1. The Balaban J connectivity index is 2.10. The van der Waals surface area contributed by atoms with Crippen molar-refractivity contribution >= 4 is 28.6 Å². The average molecular weight is 283 g/mol. The highest BCUT2D eigenvalue weighted by molar-refractivity contribution is 14.1. The minimum absolute atomic E-state index is 0.0285. The van der Waals surface area contributed by atoms with E-state index < -0.39 is 0 Å². The lowest BCUT2D eigenvalue weighted by Gasteiger charge is -2.09. The lowest BCUT2D eigenvalue weighted by molar-refractivity contribution is -0.145. The van der Waals surface area contributed by atoms with Gasteiger partial charge in [-0.15, -0.1) is 0 Å². The third-order valence-corrected chi connectivity index (χ3v) is 2.63. The van der Waals surface area contributed by atoms with Crippen LogP contribution in [0.5, 0.6) is 0 Å². The molecule has 1 rings (SSSR count). The van der Waals surface area contributed by atoms with Gasteiger partial charge in [-0.05, 0) is 25.8 Å². The smallest absolute Gasteiger partial charge is 0.323 e. The summed E-state index contributed by atoms with van der Waals surface area (Å²) in [5.41, 5.74) is 0. The van der Waals surface area contributed by atoms with E-state index in [-0.39, 0.29) is 12.0 Å². The molecule has 0 aliphatic carbocycles. The van der Waals surface area contributed by atoms with Crippen LogP contribution in [0, 0.1) is 0 Å². The number of carbonyl (C=O) groups is 1. The lowest BCUT2D eigenvalue weighted by Crippen LogP contribution is -2.32. The SMILES string of the molecule is O=C(OCCCI)[C@@H]1CCCN1. The van der Waals surface area contributed by atoms with E-state index in [1.54, 1.807) is 0 Å². The summed E-state index contributed by atoms with van der Waals surface area (Å²) >= 11 is 2.28. The van der Waals surface area contributed by atoms with Crippen LogP contribution in [-0.4, -0.2) is 29.6 Å².